The van der Waals surface area contributed by atoms with Crippen LogP contribution in [0.15, 0.2) is 24.3 Å². The Balaban J connectivity index is 2.14. The Morgan fingerprint density at radius 1 is 1.20 bits per heavy atom. The maximum Gasteiger partial charge on any atom is 0.0470 e. The van der Waals surface area contributed by atoms with Crippen LogP contribution in [0.3, 0.4) is 0 Å². The van der Waals surface area contributed by atoms with Crippen molar-refractivity contribution in [2.24, 2.45) is 5.73 Å². The van der Waals surface area contributed by atoms with E-state index in [4.69, 9.17) is 5.73 Å². The average Bonchev–Trinajstić information content (AvgIpc) is 2.75. The van der Waals surface area contributed by atoms with E-state index in [1.807, 2.05) is 0 Å². The van der Waals surface area contributed by atoms with Crippen LogP contribution in [0, 0.1) is 6.92 Å². The summed E-state index contributed by atoms with van der Waals surface area (Å²) in [5.74, 6) is 0. The van der Waals surface area contributed by atoms with E-state index >= 15 is 0 Å². The summed E-state index contributed by atoms with van der Waals surface area (Å²) in [6, 6.07) is 9.20. The second-order valence-corrected chi connectivity index (χ2v) is 4.41. The van der Waals surface area contributed by atoms with Crippen molar-refractivity contribution in [2.75, 3.05) is 19.6 Å². The van der Waals surface area contributed by atoms with Gasteiger partial charge in [-0.3, -0.25) is 4.90 Å². The quantitative estimate of drug-likeness (QED) is 0.817. The predicted molar refractivity (Wildman–Crippen MR) is 63.8 cm³/mol. The lowest BCUT2D eigenvalue weighted by atomic mass is 10.0. The predicted octanol–water partition coefficient (Wildman–Crippen LogP) is 2.09. The van der Waals surface area contributed by atoms with Gasteiger partial charge in [0.05, 0.1) is 0 Å². The molecule has 0 radical (unpaired) electrons. The largest absolute Gasteiger partial charge is 0.329 e. The van der Waals surface area contributed by atoms with Crippen molar-refractivity contribution >= 4 is 0 Å². The molecule has 1 atom stereocenters. The average molecular weight is 204 g/mol. The van der Waals surface area contributed by atoms with E-state index in [1.54, 1.807) is 0 Å². The molecule has 1 aliphatic heterocycles. The third-order valence-corrected chi connectivity index (χ3v) is 3.27. The molecule has 0 spiro atoms. The first-order chi connectivity index (χ1) is 7.31. The minimum absolute atomic E-state index is 0.424. The molecule has 1 aliphatic rings. The summed E-state index contributed by atoms with van der Waals surface area (Å²) in [6.07, 6.45) is 2.64. The maximum atomic E-state index is 5.88. The van der Waals surface area contributed by atoms with Crippen molar-refractivity contribution in [3.05, 3.63) is 35.4 Å². The van der Waals surface area contributed by atoms with Crippen LogP contribution in [0.1, 0.15) is 30.0 Å². The summed E-state index contributed by atoms with van der Waals surface area (Å²) in [4.78, 5) is 2.50. The van der Waals surface area contributed by atoms with Crippen molar-refractivity contribution in [3.63, 3.8) is 0 Å². The van der Waals surface area contributed by atoms with E-state index in [0.717, 1.165) is 6.54 Å². The maximum absolute atomic E-state index is 5.88. The molecule has 1 saturated heterocycles. The molecule has 0 saturated carbocycles. The molecule has 0 aromatic heterocycles. The minimum Gasteiger partial charge on any atom is -0.329 e. The Labute approximate surface area is 92.1 Å². The van der Waals surface area contributed by atoms with Gasteiger partial charge in [-0.1, -0.05) is 29.8 Å². The highest BCUT2D eigenvalue weighted by atomic mass is 15.2. The summed E-state index contributed by atoms with van der Waals surface area (Å²) in [6.45, 7) is 5.26. The molecule has 0 bridgehead atoms. The van der Waals surface area contributed by atoms with E-state index in [1.165, 1.54) is 37.1 Å². The lowest BCUT2D eigenvalue weighted by molar-refractivity contribution is 0.251. The first-order valence-corrected chi connectivity index (χ1v) is 5.82. The van der Waals surface area contributed by atoms with Gasteiger partial charge in [-0.2, -0.15) is 0 Å². The molecule has 82 valence electrons. The van der Waals surface area contributed by atoms with Crippen molar-refractivity contribution in [3.8, 4) is 0 Å². The number of likely N-dealkylation sites (tertiary alicyclic amines) is 1. The number of benzene rings is 1. The molecule has 1 aromatic carbocycles. The summed E-state index contributed by atoms with van der Waals surface area (Å²) in [5.41, 5.74) is 8.56. The Morgan fingerprint density at radius 3 is 2.33 bits per heavy atom. The van der Waals surface area contributed by atoms with Crippen LogP contribution in [0.25, 0.3) is 0 Å². The number of rotatable bonds is 3. The second kappa shape index (κ2) is 4.77. The van der Waals surface area contributed by atoms with Gasteiger partial charge in [0.25, 0.3) is 0 Å². The molecular weight excluding hydrogens is 184 g/mol. The van der Waals surface area contributed by atoms with Crippen molar-refractivity contribution < 1.29 is 0 Å². The SMILES string of the molecule is Cc1ccc([C@@H](CN)N2CCCC2)cc1. The van der Waals surface area contributed by atoms with Crippen LogP contribution >= 0.6 is 0 Å². The Kier molecular flexibility index (Phi) is 3.39. The van der Waals surface area contributed by atoms with Crippen LogP contribution in [0.5, 0.6) is 0 Å². The van der Waals surface area contributed by atoms with Gasteiger partial charge in [0.15, 0.2) is 0 Å². The first kappa shape index (κ1) is 10.7. The fourth-order valence-corrected chi connectivity index (χ4v) is 2.34. The number of aryl methyl sites for hydroxylation is 1. The number of nitrogens with zero attached hydrogens (tertiary/aromatic N) is 1. The zero-order valence-electron chi connectivity index (χ0n) is 9.45. The molecule has 15 heavy (non-hydrogen) atoms. The van der Waals surface area contributed by atoms with Crippen molar-refractivity contribution in [2.45, 2.75) is 25.8 Å². The lowest BCUT2D eigenvalue weighted by Crippen LogP contribution is -2.31. The van der Waals surface area contributed by atoms with Gasteiger partial charge < -0.3 is 5.73 Å². The van der Waals surface area contributed by atoms with Gasteiger partial charge in [-0.25, -0.2) is 0 Å². The molecule has 1 heterocycles. The van der Waals surface area contributed by atoms with Gasteiger partial charge in [0.2, 0.25) is 0 Å². The topological polar surface area (TPSA) is 29.3 Å². The van der Waals surface area contributed by atoms with Gasteiger partial charge in [0, 0.05) is 12.6 Å². The highest BCUT2D eigenvalue weighted by Crippen LogP contribution is 2.24. The van der Waals surface area contributed by atoms with Crippen LogP contribution in [0.4, 0.5) is 0 Å². The van der Waals surface area contributed by atoms with Gasteiger partial charge in [0.1, 0.15) is 0 Å². The second-order valence-electron chi connectivity index (χ2n) is 4.41. The molecule has 2 nitrogen and oxygen atoms in total. The zero-order chi connectivity index (χ0) is 10.7. The Bertz CT molecular complexity index is 299. The summed E-state index contributed by atoms with van der Waals surface area (Å²) < 4.78 is 0. The van der Waals surface area contributed by atoms with E-state index in [0.29, 0.717) is 6.04 Å². The third kappa shape index (κ3) is 2.39. The van der Waals surface area contributed by atoms with E-state index in [-0.39, 0.29) is 0 Å². The van der Waals surface area contributed by atoms with Gasteiger partial charge in [-0.15, -0.1) is 0 Å². The molecule has 2 heteroatoms. The highest BCUT2D eigenvalue weighted by Gasteiger charge is 2.21. The lowest BCUT2D eigenvalue weighted by Gasteiger charge is -2.26. The van der Waals surface area contributed by atoms with E-state index < -0.39 is 0 Å². The number of hydrogen-bond donors (Lipinski definition) is 1. The van der Waals surface area contributed by atoms with Gasteiger partial charge >= 0.3 is 0 Å². The standard InChI is InChI=1S/C13H20N2/c1-11-4-6-12(7-5-11)13(10-14)15-8-2-3-9-15/h4-7,13H,2-3,8-10,14H2,1H3/t13-/m1/s1. The fraction of sp³-hybridized carbons (Fsp3) is 0.538. The molecular formula is C13H20N2. The molecule has 0 unspecified atom stereocenters. The Hall–Kier alpha value is -0.860. The van der Waals surface area contributed by atoms with Crippen LogP contribution in [0.2, 0.25) is 0 Å². The highest BCUT2D eigenvalue weighted by molar-refractivity contribution is 5.24. The van der Waals surface area contributed by atoms with Crippen LogP contribution < -0.4 is 5.73 Å². The molecule has 0 aliphatic carbocycles. The van der Waals surface area contributed by atoms with Gasteiger partial charge in [-0.05, 0) is 38.4 Å². The Morgan fingerprint density at radius 2 is 1.80 bits per heavy atom. The fourth-order valence-electron chi connectivity index (χ4n) is 2.34. The molecule has 1 aromatic rings. The van der Waals surface area contributed by atoms with E-state index in [9.17, 15) is 0 Å². The van der Waals surface area contributed by atoms with Crippen LogP contribution in [-0.4, -0.2) is 24.5 Å². The summed E-state index contributed by atoms with van der Waals surface area (Å²) in [5, 5.41) is 0. The van der Waals surface area contributed by atoms with E-state index in [2.05, 4.69) is 36.1 Å². The molecule has 0 amide bonds. The third-order valence-electron chi connectivity index (χ3n) is 3.27. The first-order valence-electron chi connectivity index (χ1n) is 5.82. The summed E-state index contributed by atoms with van der Waals surface area (Å²) in [7, 11) is 0. The zero-order valence-corrected chi connectivity index (χ0v) is 9.45. The number of hydrogen-bond acceptors (Lipinski definition) is 2. The van der Waals surface area contributed by atoms with Crippen molar-refractivity contribution in [1.82, 2.24) is 4.90 Å². The van der Waals surface area contributed by atoms with Crippen molar-refractivity contribution in [1.29, 1.82) is 0 Å². The monoisotopic (exact) mass is 204 g/mol. The molecule has 1 fully saturated rings. The summed E-state index contributed by atoms with van der Waals surface area (Å²) >= 11 is 0. The smallest absolute Gasteiger partial charge is 0.0470 e. The van der Waals surface area contributed by atoms with Crippen LogP contribution in [-0.2, 0) is 0 Å². The number of nitrogens with two attached hydrogens (primary N) is 1. The molecule has 2 N–H and O–H groups in total. The molecule has 2 rings (SSSR count). The minimum atomic E-state index is 0.424. The normalized spacial score (nSPS) is 19.3.